The number of ether oxygens (including phenoxy) is 2. The monoisotopic (exact) mass is 281 g/mol. The molecule has 0 saturated heterocycles. The standard InChI is InChI=1S/C15H23NO4/c1-15(2,3)20-14(18)10-16-9-13(17)19-11-12-7-5-4-6-8-12/h5,7-8,16H,4,6,9-11H2,1-3H3. The summed E-state index contributed by atoms with van der Waals surface area (Å²) in [7, 11) is 0. The summed E-state index contributed by atoms with van der Waals surface area (Å²) < 4.78 is 10.2. The molecule has 0 bridgehead atoms. The first-order chi connectivity index (χ1) is 9.37. The van der Waals surface area contributed by atoms with Crippen molar-refractivity contribution in [2.75, 3.05) is 19.7 Å². The fourth-order valence-corrected chi connectivity index (χ4v) is 1.63. The van der Waals surface area contributed by atoms with Crippen LogP contribution < -0.4 is 5.32 Å². The van der Waals surface area contributed by atoms with Gasteiger partial charge in [0.2, 0.25) is 0 Å². The van der Waals surface area contributed by atoms with Crippen molar-refractivity contribution in [2.24, 2.45) is 0 Å². The Morgan fingerprint density at radius 3 is 2.50 bits per heavy atom. The van der Waals surface area contributed by atoms with E-state index in [0.29, 0.717) is 0 Å². The van der Waals surface area contributed by atoms with E-state index in [-0.39, 0.29) is 31.6 Å². The predicted octanol–water partition coefficient (Wildman–Crippen LogP) is 1.74. The zero-order valence-electron chi connectivity index (χ0n) is 12.4. The van der Waals surface area contributed by atoms with Crippen molar-refractivity contribution >= 4 is 11.9 Å². The van der Waals surface area contributed by atoms with Gasteiger partial charge in [-0.3, -0.25) is 14.9 Å². The van der Waals surface area contributed by atoms with Gasteiger partial charge in [-0.1, -0.05) is 18.2 Å². The van der Waals surface area contributed by atoms with E-state index in [1.54, 1.807) is 20.8 Å². The van der Waals surface area contributed by atoms with E-state index in [4.69, 9.17) is 9.47 Å². The Balaban J connectivity index is 2.12. The molecule has 0 aliphatic heterocycles. The molecule has 0 aromatic carbocycles. The Labute approximate surface area is 120 Å². The first-order valence-electron chi connectivity index (χ1n) is 6.80. The van der Waals surface area contributed by atoms with Gasteiger partial charge in [0.1, 0.15) is 12.2 Å². The molecule has 20 heavy (non-hydrogen) atoms. The third-order valence-corrected chi connectivity index (χ3v) is 2.43. The average molecular weight is 281 g/mol. The molecule has 0 fully saturated rings. The molecule has 0 saturated carbocycles. The van der Waals surface area contributed by atoms with Gasteiger partial charge in [-0.15, -0.1) is 0 Å². The van der Waals surface area contributed by atoms with Crippen molar-refractivity contribution in [3.05, 3.63) is 23.8 Å². The molecule has 0 unspecified atom stereocenters. The Hall–Kier alpha value is -1.62. The molecule has 5 heteroatoms. The van der Waals surface area contributed by atoms with Crippen LogP contribution in [0.4, 0.5) is 0 Å². The average Bonchev–Trinajstić information content (AvgIpc) is 2.35. The lowest BCUT2D eigenvalue weighted by atomic mass is 10.1. The fraction of sp³-hybridized carbons (Fsp3) is 0.600. The lowest BCUT2D eigenvalue weighted by Gasteiger charge is -2.19. The van der Waals surface area contributed by atoms with Crippen molar-refractivity contribution in [2.45, 2.75) is 39.2 Å². The van der Waals surface area contributed by atoms with E-state index in [1.165, 1.54) is 0 Å². The molecule has 0 amide bonds. The quantitative estimate of drug-likeness (QED) is 0.751. The predicted molar refractivity (Wildman–Crippen MR) is 76.1 cm³/mol. The second-order valence-corrected chi connectivity index (χ2v) is 5.61. The largest absolute Gasteiger partial charge is 0.460 e. The van der Waals surface area contributed by atoms with Crippen molar-refractivity contribution < 1.29 is 19.1 Å². The Morgan fingerprint density at radius 1 is 1.20 bits per heavy atom. The minimum atomic E-state index is -0.515. The number of esters is 2. The van der Waals surface area contributed by atoms with Crippen LogP contribution in [0.15, 0.2) is 23.8 Å². The number of carbonyl (C=O) groups excluding carboxylic acids is 2. The first-order valence-corrected chi connectivity index (χ1v) is 6.80. The molecule has 0 radical (unpaired) electrons. The summed E-state index contributed by atoms with van der Waals surface area (Å²) in [5.74, 6) is -0.767. The van der Waals surface area contributed by atoms with Crippen LogP contribution >= 0.6 is 0 Å². The fourth-order valence-electron chi connectivity index (χ4n) is 1.63. The third-order valence-electron chi connectivity index (χ3n) is 2.43. The summed E-state index contributed by atoms with van der Waals surface area (Å²) in [4.78, 5) is 22.9. The van der Waals surface area contributed by atoms with Crippen LogP contribution in [0.25, 0.3) is 0 Å². The summed E-state index contributed by atoms with van der Waals surface area (Å²) in [5, 5.41) is 2.71. The van der Waals surface area contributed by atoms with E-state index in [9.17, 15) is 9.59 Å². The minimum absolute atomic E-state index is 0.00373. The van der Waals surface area contributed by atoms with Crippen molar-refractivity contribution in [1.82, 2.24) is 5.32 Å². The van der Waals surface area contributed by atoms with Gasteiger partial charge in [0.15, 0.2) is 0 Å². The summed E-state index contributed by atoms with van der Waals surface area (Å²) in [6.45, 7) is 5.66. The molecule has 112 valence electrons. The van der Waals surface area contributed by atoms with Crippen LogP contribution in [-0.2, 0) is 19.1 Å². The van der Waals surface area contributed by atoms with E-state index in [1.807, 2.05) is 6.08 Å². The van der Waals surface area contributed by atoms with Gasteiger partial charge in [0.05, 0.1) is 13.1 Å². The van der Waals surface area contributed by atoms with E-state index >= 15 is 0 Å². The zero-order chi connectivity index (χ0) is 15.0. The second-order valence-electron chi connectivity index (χ2n) is 5.61. The molecule has 5 nitrogen and oxygen atoms in total. The first kappa shape index (κ1) is 16.4. The number of hydrogen-bond donors (Lipinski definition) is 1. The van der Waals surface area contributed by atoms with Gasteiger partial charge in [-0.25, -0.2) is 0 Å². The summed E-state index contributed by atoms with van der Waals surface area (Å²) in [5.41, 5.74) is 0.496. The maximum Gasteiger partial charge on any atom is 0.320 e. The second kappa shape index (κ2) is 7.85. The molecule has 1 N–H and O–H groups in total. The Bertz CT molecular complexity index is 405. The highest BCUT2D eigenvalue weighted by Crippen LogP contribution is 2.09. The van der Waals surface area contributed by atoms with Gasteiger partial charge in [-0.2, -0.15) is 0 Å². The van der Waals surface area contributed by atoms with E-state index in [0.717, 1.165) is 18.4 Å². The summed E-state index contributed by atoms with van der Waals surface area (Å²) in [6.07, 6.45) is 8.10. The maximum absolute atomic E-state index is 11.5. The third kappa shape index (κ3) is 7.74. The molecule has 1 aliphatic carbocycles. The molecule has 0 aromatic heterocycles. The number of allylic oxidation sites excluding steroid dienone is 2. The lowest BCUT2D eigenvalue weighted by molar-refractivity contribution is -0.153. The highest BCUT2D eigenvalue weighted by Gasteiger charge is 2.16. The van der Waals surface area contributed by atoms with Crippen molar-refractivity contribution in [3.8, 4) is 0 Å². The van der Waals surface area contributed by atoms with E-state index < -0.39 is 5.60 Å². The normalized spacial score (nSPS) is 14.7. The topological polar surface area (TPSA) is 64.6 Å². The smallest absolute Gasteiger partial charge is 0.320 e. The van der Waals surface area contributed by atoms with Gasteiger partial charge in [0.25, 0.3) is 0 Å². The highest BCUT2D eigenvalue weighted by molar-refractivity contribution is 5.75. The van der Waals surface area contributed by atoms with E-state index in [2.05, 4.69) is 17.5 Å². The Kier molecular flexibility index (Phi) is 6.45. The number of rotatable bonds is 6. The van der Waals surface area contributed by atoms with Crippen LogP contribution in [0.3, 0.4) is 0 Å². The van der Waals surface area contributed by atoms with Crippen LogP contribution in [0.5, 0.6) is 0 Å². The number of carbonyl (C=O) groups is 2. The molecule has 0 heterocycles. The zero-order valence-corrected chi connectivity index (χ0v) is 12.4. The highest BCUT2D eigenvalue weighted by atomic mass is 16.6. The molecule has 1 aliphatic rings. The number of nitrogens with one attached hydrogen (secondary N) is 1. The molecule has 0 atom stereocenters. The summed E-state index contributed by atoms with van der Waals surface area (Å²) >= 11 is 0. The SMILES string of the molecule is CC(C)(C)OC(=O)CNCC(=O)OCC1=CCCC=C1. The van der Waals surface area contributed by atoms with Crippen molar-refractivity contribution in [1.29, 1.82) is 0 Å². The minimum Gasteiger partial charge on any atom is -0.460 e. The Morgan fingerprint density at radius 2 is 1.90 bits per heavy atom. The van der Waals surface area contributed by atoms with Crippen LogP contribution in [-0.4, -0.2) is 37.2 Å². The maximum atomic E-state index is 11.5. The van der Waals surface area contributed by atoms with Crippen molar-refractivity contribution in [3.63, 3.8) is 0 Å². The summed E-state index contributed by atoms with van der Waals surface area (Å²) in [6, 6.07) is 0. The molecule has 0 spiro atoms. The van der Waals surface area contributed by atoms with Crippen LogP contribution in [0.1, 0.15) is 33.6 Å². The molecule has 0 aromatic rings. The lowest BCUT2D eigenvalue weighted by Crippen LogP contribution is -2.34. The van der Waals surface area contributed by atoms with Gasteiger partial charge < -0.3 is 9.47 Å². The van der Waals surface area contributed by atoms with Gasteiger partial charge >= 0.3 is 11.9 Å². The molecular weight excluding hydrogens is 258 g/mol. The van der Waals surface area contributed by atoms with Crippen LogP contribution in [0.2, 0.25) is 0 Å². The van der Waals surface area contributed by atoms with Gasteiger partial charge in [-0.05, 0) is 39.2 Å². The molecular formula is C15H23NO4. The van der Waals surface area contributed by atoms with Gasteiger partial charge in [0, 0.05) is 0 Å². The van der Waals surface area contributed by atoms with Crippen LogP contribution in [0, 0.1) is 0 Å². The molecule has 1 rings (SSSR count). The number of hydrogen-bond acceptors (Lipinski definition) is 5.